The molecule has 0 spiro atoms. The Balaban J connectivity index is 1.87. The number of hydrogen-bond donors (Lipinski definition) is 1. The van der Waals surface area contributed by atoms with Gasteiger partial charge in [0.15, 0.2) is 0 Å². The van der Waals surface area contributed by atoms with E-state index in [-0.39, 0.29) is 41.6 Å². The summed E-state index contributed by atoms with van der Waals surface area (Å²) in [5.74, 6) is -0.839. The Labute approximate surface area is 171 Å². The third-order valence-electron chi connectivity index (χ3n) is 4.40. The summed E-state index contributed by atoms with van der Waals surface area (Å²) < 4.78 is 11.5. The van der Waals surface area contributed by atoms with Crippen LogP contribution in [0.3, 0.4) is 0 Å². The van der Waals surface area contributed by atoms with E-state index in [2.05, 4.69) is 10.3 Å². The van der Waals surface area contributed by atoms with Crippen molar-refractivity contribution in [2.45, 2.75) is 33.4 Å². The van der Waals surface area contributed by atoms with E-state index in [1.54, 1.807) is 32.9 Å². The van der Waals surface area contributed by atoms with Gasteiger partial charge in [0.25, 0.3) is 5.56 Å². The summed E-state index contributed by atoms with van der Waals surface area (Å²) in [6.45, 7) is 4.89. The number of furan rings is 1. The van der Waals surface area contributed by atoms with Gasteiger partial charge in [0.2, 0.25) is 11.6 Å². The number of fused-ring (bicyclic) bond motifs is 1. The van der Waals surface area contributed by atoms with Crippen LogP contribution in [0.5, 0.6) is 0 Å². The zero-order chi connectivity index (χ0) is 21.1. The van der Waals surface area contributed by atoms with E-state index in [0.29, 0.717) is 5.02 Å². The van der Waals surface area contributed by atoms with Crippen LogP contribution in [-0.2, 0) is 16.1 Å². The lowest BCUT2D eigenvalue weighted by atomic mass is 10.1. The first kappa shape index (κ1) is 20.6. The summed E-state index contributed by atoms with van der Waals surface area (Å²) in [5.41, 5.74) is 0.254. The molecule has 2 heterocycles. The second-order valence-corrected chi connectivity index (χ2v) is 6.83. The van der Waals surface area contributed by atoms with Crippen LogP contribution in [0, 0.1) is 6.92 Å². The fourth-order valence-electron chi connectivity index (χ4n) is 3.05. The number of nitrogens with zero attached hydrogens (tertiary/aromatic N) is 2. The lowest BCUT2D eigenvalue weighted by Crippen LogP contribution is -2.34. The highest BCUT2D eigenvalue weighted by Gasteiger charge is 2.24. The van der Waals surface area contributed by atoms with Gasteiger partial charge in [0.05, 0.1) is 12.6 Å². The fraction of sp³-hybridized carbons (Fsp3) is 0.300. The largest absolute Gasteiger partial charge is 0.462 e. The van der Waals surface area contributed by atoms with Gasteiger partial charge in [-0.25, -0.2) is 9.78 Å². The molecule has 2 aromatic heterocycles. The van der Waals surface area contributed by atoms with Crippen molar-refractivity contribution in [1.29, 1.82) is 0 Å². The molecule has 0 aliphatic heterocycles. The Morgan fingerprint density at radius 3 is 2.76 bits per heavy atom. The average molecular weight is 418 g/mol. The van der Waals surface area contributed by atoms with Gasteiger partial charge in [-0.05, 0) is 32.4 Å². The van der Waals surface area contributed by atoms with Gasteiger partial charge in [-0.2, -0.15) is 0 Å². The van der Waals surface area contributed by atoms with Crippen LogP contribution >= 0.6 is 11.6 Å². The molecule has 29 heavy (non-hydrogen) atoms. The number of carbonyl (C=O) groups is 2. The molecule has 0 saturated carbocycles. The topological polar surface area (TPSA) is 103 Å². The predicted molar refractivity (Wildman–Crippen MR) is 107 cm³/mol. The van der Waals surface area contributed by atoms with Gasteiger partial charge in [-0.3, -0.25) is 14.2 Å². The highest BCUT2D eigenvalue weighted by atomic mass is 35.5. The standard InChI is InChI=1S/C20H20ClN3O5/c1-4-28-20(27)16-12(3)29-18-17(16)19(26)24(10-22-18)9-15(25)23-11(2)13-7-5-6-8-14(13)21/h5-8,10-11H,4,9H2,1-3H3,(H,23,25). The van der Waals surface area contributed by atoms with Crippen molar-refractivity contribution in [2.24, 2.45) is 0 Å². The Morgan fingerprint density at radius 2 is 2.07 bits per heavy atom. The summed E-state index contributed by atoms with van der Waals surface area (Å²) in [4.78, 5) is 41.6. The first-order valence-corrected chi connectivity index (χ1v) is 9.40. The molecule has 1 atom stereocenters. The normalized spacial score (nSPS) is 12.0. The number of ether oxygens (including phenoxy) is 1. The molecular weight excluding hydrogens is 398 g/mol. The smallest absolute Gasteiger partial charge is 0.342 e. The molecule has 9 heteroatoms. The molecule has 152 valence electrons. The van der Waals surface area contributed by atoms with Crippen molar-refractivity contribution in [3.05, 3.63) is 62.9 Å². The maximum absolute atomic E-state index is 12.9. The van der Waals surface area contributed by atoms with Gasteiger partial charge in [0.1, 0.15) is 29.6 Å². The van der Waals surface area contributed by atoms with E-state index in [1.165, 1.54) is 6.33 Å². The SMILES string of the molecule is CCOC(=O)c1c(C)oc2ncn(CC(=O)NC(C)c3ccccc3Cl)c(=O)c12. The van der Waals surface area contributed by atoms with Crippen molar-refractivity contribution in [2.75, 3.05) is 6.61 Å². The number of esters is 1. The second-order valence-electron chi connectivity index (χ2n) is 6.42. The molecule has 3 rings (SSSR count). The Kier molecular flexibility index (Phi) is 6.03. The van der Waals surface area contributed by atoms with E-state index in [0.717, 1.165) is 10.1 Å². The number of rotatable bonds is 6. The number of halogens is 1. The second kappa shape index (κ2) is 8.48. The number of hydrogen-bond acceptors (Lipinski definition) is 6. The summed E-state index contributed by atoms with van der Waals surface area (Å²) >= 11 is 6.16. The van der Waals surface area contributed by atoms with E-state index < -0.39 is 17.4 Å². The molecule has 1 amide bonds. The average Bonchev–Trinajstić information content (AvgIpc) is 3.01. The molecule has 0 saturated heterocycles. The zero-order valence-corrected chi connectivity index (χ0v) is 16.9. The van der Waals surface area contributed by atoms with E-state index in [9.17, 15) is 14.4 Å². The van der Waals surface area contributed by atoms with Gasteiger partial charge in [-0.15, -0.1) is 0 Å². The van der Waals surface area contributed by atoms with E-state index in [4.69, 9.17) is 20.8 Å². The maximum Gasteiger partial charge on any atom is 0.342 e. The molecule has 0 aliphatic carbocycles. The van der Waals surface area contributed by atoms with Gasteiger partial charge < -0.3 is 14.5 Å². The highest BCUT2D eigenvalue weighted by Crippen LogP contribution is 2.23. The monoisotopic (exact) mass is 417 g/mol. The molecular formula is C20H20ClN3O5. The van der Waals surface area contributed by atoms with Gasteiger partial charge in [-0.1, -0.05) is 29.8 Å². The molecule has 1 N–H and O–H groups in total. The van der Waals surface area contributed by atoms with Crippen LogP contribution in [0.25, 0.3) is 11.1 Å². The summed E-state index contributed by atoms with van der Waals surface area (Å²) in [6.07, 6.45) is 1.21. The zero-order valence-electron chi connectivity index (χ0n) is 16.2. The molecule has 0 bridgehead atoms. The number of aromatic nitrogens is 2. The maximum atomic E-state index is 12.9. The van der Waals surface area contributed by atoms with Crippen LogP contribution in [0.4, 0.5) is 0 Å². The molecule has 1 aromatic carbocycles. The predicted octanol–water partition coefficient (Wildman–Crippen LogP) is 3.01. The molecule has 0 aliphatic rings. The lowest BCUT2D eigenvalue weighted by Gasteiger charge is -2.16. The first-order chi connectivity index (χ1) is 13.8. The Hall–Kier alpha value is -3.13. The van der Waals surface area contributed by atoms with E-state index >= 15 is 0 Å². The summed E-state index contributed by atoms with van der Waals surface area (Å²) in [7, 11) is 0. The number of aryl methyl sites for hydroxylation is 1. The minimum atomic E-state index is -0.669. The Morgan fingerprint density at radius 1 is 1.34 bits per heavy atom. The van der Waals surface area contributed by atoms with Crippen LogP contribution < -0.4 is 10.9 Å². The molecule has 0 fully saturated rings. The number of benzene rings is 1. The van der Waals surface area contributed by atoms with Crippen molar-refractivity contribution >= 4 is 34.6 Å². The van der Waals surface area contributed by atoms with Crippen molar-refractivity contribution in [1.82, 2.24) is 14.9 Å². The van der Waals surface area contributed by atoms with Crippen molar-refractivity contribution < 1.29 is 18.7 Å². The summed E-state index contributed by atoms with van der Waals surface area (Å²) in [5, 5.41) is 3.33. The third-order valence-corrected chi connectivity index (χ3v) is 4.74. The molecule has 8 nitrogen and oxygen atoms in total. The van der Waals surface area contributed by atoms with Gasteiger partial charge >= 0.3 is 5.97 Å². The van der Waals surface area contributed by atoms with Crippen molar-refractivity contribution in [3.63, 3.8) is 0 Å². The third kappa shape index (κ3) is 4.17. The number of amides is 1. The van der Waals surface area contributed by atoms with Crippen LogP contribution in [0.15, 0.2) is 39.8 Å². The van der Waals surface area contributed by atoms with E-state index in [1.807, 2.05) is 12.1 Å². The minimum absolute atomic E-state index is 0.00426. The quantitative estimate of drug-likeness (QED) is 0.618. The summed E-state index contributed by atoms with van der Waals surface area (Å²) in [6, 6.07) is 6.82. The number of nitrogens with one attached hydrogen (secondary N) is 1. The minimum Gasteiger partial charge on any atom is -0.462 e. The first-order valence-electron chi connectivity index (χ1n) is 9.02. The fourth-order valence-corrected chi connectivity index (χ4v) is 3.34. The van der Waals surface area contributed by atoms with Crippen molar-refractivity contribution in [3.8, 4) is 0 Å². The van der Waals surface area contributed by atoms with Crippen LogP contribution in [0.1, 0.15) is 41.6 Å². The van der Waals surface area contributed by atoms with Crippen LogP contribution in [0.2, 0.25) is 5.02 Å². The molecule has 1 unspecified atom stereocenters. The Bertz CT molecular complexity index is 1130. The molecule has 3 aromatic rings. The lowest BCUT2D eigenvalue weighted by molar-refractivity contribution is -0.122. The van der Waals surface area contributed by atoms with Crippen LogP contribution in [-0.4, -0.2) is 28.0 Å². The number of carbonyl (C=O) groups excluding carboxylic acids is 2. The van der Waals surface area contributed by atoms with Gasteiger partial charge in [0, 0.05) is 5.02 Å². The highest BCUT2D eigenvalue weighted by molar-refractivity contribution is 6.31. The molecule has 0 radical (unpaired) electrons.